The number of halogens is 1. The van der Waals surface area contributed by atoms with Crippen molar-refractivity contribution >= 4 is 29.9 Å². The van der Waals surface area contributed by atoms with Crippen LogP contribution in [-0.4, -0.2) is 41.6 Å². The van der Waals surface area contributed by atoms with Crippen LogP contribution in [0.15, 0.2) is 34.9 Å². The SMILES string of the molecule is CC(C)[CH]C(=O)N1CCCC1c1ncc(-c2ccc(Br)cc2)n1COCC[Si](C)(C)C. The zero-order valence-electron chi connectivity index (χ0n) is 19.4. The monoisotopic (exact) mass is 504 g/mol. The number of hydrogen-bond acceptors (Lipinski definition) is 3. The van der Waals surface area contributed by atoms with Gasteiger partial charge in [0.2, 0.25) is 5.91 Å². The van der Waals surface area contributed by atoms with E-state index in [1.165, 1.54) is 0 Å². The first kappa shape index (κ1) is 24.2. The molecule has 1 fully saturated rings. The summed E-state index contributed by atoms with van der Waals surface area (Å²) in [6.45, 7) is 13.2. The highest BCUT2D eigenvalue weighted by molar-refractivity contribution is 9.10. The van der Waals surface area contributed by atoms with Gasteiger partial charge in [-0.25, -0.2) is 4.98 Å². The van der Waals surface area contributed by atoms with Crippen LogP contribution in [-0.2, 0) is 16.3 Å². The Balaban J connectivity index is 1.88. The highest BCUT2D eigenvalue weighted by Crippen LogP contribution is 2.35. The van der Waals surface area contributed by atoms with Gasteiger partial charge < -0.3 is 14.2 Å². The predicted octanol–water partition coefficient (Wildman–Crippen LogP) is 6.15. The fourth-order valence-electron chi connectivity index (χ4n) is 3.86. The lowest BCUT2D eigenvalue weighted by Gasteiger charge is -2.26. The summed E-state index contributed by atoms with van der Waals surface area (Å²) in [4.78, 5) is 19.6. The van der Waals surface area contributed by atoms with E-state index in [0.717, 1.165) is 53.6 Å². The van der Waals surface area contributed by atoms with E-state index in [1.807, 2.05) is 43.5 Å². The van der Waals surface area contributed by atoms with Gasteiger partial charge in [0.25, 0.3) is 0 Å². The number of benzene rings is 1. The van der Waals surface area contributed by atoms with Gasteiger partial charge in [-0.2, -0.15) is 0 Å². The minimum atomic E-state index is -1.16. The number of hydrogen-bond donors (Lipinski definition) is 0. The van der Waals surface area contributed by atoms with Crippen LogP contribution in [0.4, 0.5) is 0 Å². The second-order valence-electron chi connectivity index (χ2n) is 9.88. The molecule has 1 saturated heterocycles. The molecule has 31 heavy (non-hydrogen) atoms. The van der Waals surface area contributed by atoms with E-state index in [0.29, 0.717) is 6.73 Å². The minimum Gasteiger partial charge on any atom is -0.361 e. The lowest BCUT2D eigenvalue weighted by molar-refractivity contribution is -0.129. The van der Waals surface area contributed by atoms with Gasteiger partial charge in [0.15, 0.2) is 0 Å². The van der Waals surface area contributed by atoms with E-state index < -0.39 is 8.07 Å². The second-order valence-corrected chi connectivity index (χ2v) is 16.4. The van der Waals surface area contributed by atoms with Crippen LogP contribution in [0.5, 0.6) is 0 Å². The third kappa shape index (κ3) is 6.53. The summed E-state index contributed by atoms with van der Waals surface area (Å²) < 4.78 is 9.35. The third-order valence-corrected chi connectivity index (χ3v) is 7.79. The molecular weight excluding hydrogens is 470 g/mol. The summed E-state index contributed by atoms with van der Waals surface area (Å²) in [5.74, 6) is 1.27. The average molecular weight is 506 g/mol. The number of rotatable bonds is 9. The van der Waals surface area contributed by atoms with Crippen molar-refractivity contribution in [2.45, 2.75) is 65.1 Å². The molecule has 1 unspecified atom stereocenters. The van der Waals surface area contributed by atoms with Crippen molar-refractivity contribution in [3.63, 3.8) is 0 Å². The van der Waals surface area contributed by atoms with Crippen molar-refractivity contribution in [1.29, 1.82) is 0 Å². The first-order valence-electron chi connectivity index (χ1n) is 11.2. The molecule has 1 amide bonds. The molecule has 0 spiro atoms. The van der Waals surface area contributed by atoms with Gasteiger partial charge in [0.05, 0.1) is 24.4 Å². The van der Waals surface area contributed by atoms with Crippen LogP contribution < -0.4 is 0 Å². The predicted molar refractivity (Wildman–Crippen MR) is 132 cm³/mol. The van der Waals surface area contributed by atoms with Gasteiger partial charge in [-0.15, -0.1) is 0 Å². The van der Waals surface area contributed by atoms with E-state index in [-0.39, 0.29) is 17.9 Å². The number of carbonyl (C=O) groups excluding carboxylic acids is 1. The van der Waals surface area contributed by atoms with Crippen molar-refractivity contribution in [3.8, 4) is 11.3 Å². The van der Waals surface area contributed by atoms with Gasteiger partial charge in [0, 0.05) is 25.7 Å². The molecule has 0 N–H and O–H groups in total. The fraction of sp³-hybridized carbons (Fsp3) is 0.542. The van der Waals surface area contributed by atoms with Gasteiger partial charge in [-0.3, -0.25) is 4.79 Å². The molecule has 0 bridgehead atoms. The molecule has 2 aromatic rings. The number of carbonyl (C=O) groups is 1. The summed E-state index contributed by atoms with van der Waals surface area (Å²) in [6.07, 6.45) is 5.67. The van der Waals surface area contributed by atoms with Crippen LogP contribution in [0.25, 0.3) is 11.3 Å². The Kier molecular flexibility index (Phi) is 8.16. The maximum absolute atomic E-state index is 12.8. The number of nitrogens with zero attached hydrogens (tertiary/aromatic N) is 3. The molecule has 1 aromatic heterocycles. The molecule has 1 aliphatic heterocycles. The summed E-state index contributed by atoms with van der Waals surface area (Å²) >= 11 is 3.52. The Bertz CT molecular complexity index is 874. The minimum absolute atomic E-state index is 0.00714. The molecule has 5 nitrogen and oxygen atoms in total. The Labute approximate surface area is 196 Å². The smallest absolute Gasteiger partial charge is 0.227 e. The molecule has 1 atom stereocenters. The topological polar surface area (TPSA) is 47.4 Å². The van der Waals surface area contributed by atoms with E-state index in [1.54, 1.807) is 0 Å². The molecule has 1 radical (unpaired) electrons. The van der Waals surface area contributed by atoms with E-state index in [2.05, 4.69) is 52.3 Å². The summed E-state index contributed by atoms with van der Waals surface area (Å²) in [7, 11) is -1.16. The van der Waals surface area contributed by atoms with Crippen LogP contribution >= 0.6 is 15.9 Å². The van der Waals surface area contributed by atoms with Gasteiger partial charge in [0.1, 0.15) is 12.6 Å². The number of amides is 1. The lowest BCUT2D eigenvalue weighted by atomic mass is 10.1. The van der Waals surface area contributed by atoms with Crippen LogP contribution in [0.2, 0.25) is 25.7 Å². The summed E-state index contributed by atoms with van der Waals surface area (Å²) in [5, 5.41) is 0. The number of likely N-dealkylation sites (tertiary alicyclic amines) is 1. The Morgan fingerprint density at radius 1 is 1.29 bits per heavy atom. The highest BCUT2D eigenvalue weighted by Gasteiger charge is 2.34. The van der Waals surface area contributed by atoms with E-state index >= 15 is 0 Å². The van der Waals surface area contributed by atoms with E-state index in [9.17, 15) is 4.79 Å². The third-order valence-electron chi connectivity index (χ3n) is 5.55. The van der Waals surface area contributed by atoms with Crippen molar-refractivity contribution in [1.82, 2.24) is 14.5 Å². The molecule has 0 aliphatic carbocycles. The Morgan fingerprint density at radius 2 is 2.00 bits per heavy atom. The Morgan fingerprint density at radius 3 is 2.65 bits per heavy atom. The molecule has 2 heterocycles. The van der Waals surface area contributed by atoms with Crippen LogP contribution in [0.3, 0.4) is 0 Å². The molecule has 1 aliphatic rings. The van der Waals surface area contributed by atoms with Gasteiger partial charge in [-0.05, 0) is 42.5 Å². The maximum Gasteiger partial charge on any atom is 0.227 e. The summed E-state index contributed by atoms with van der Waals surface area (Å²) in [5.41, 5.74) is 2.13. The first-order valence-corrected chi connectivity index (χ1v) is 15.7. The molecule has 3 rings (SSSR count). The Hall–Kier alpha value is -1.44. The van der Waals surface area contributed by atoms with Crippen LogP contribution in [0, 0.1) is 12.3 Å². The molecular formula is C24H35BrN3O2Si. The average Bonchev–Trinajstić information content (AvgIpc) is 3.31. The number of ether oxygens (including phenoxy) is 1. The highest BCUT2D eigenvalue weighted by atomic mass is 79.9. The first-order chi connectivity index (χ1) is 14.7. The normalized spacial score (nSPS) is 17.0. The fourth-order valence-corrected chi connectivity index (χ4v) is 4.88. The van der Waals surface area contributed by atoms with Gasteiger partial charge in [-0.1, -0.05) is 61.6 Å². The zero-order valence-corrected chi connectivity index (χ0v) is 22.0. The number of aromatic nitrogens is 2. The largest absolute Gasteiger partial charge is 0.361 e. The standard InChI is InChI=1S/C24H35BrN3O2Si/c1-18(2)15-23(29)27-12-6-7-21(27)24-26-16-22(19-8-10-20(25)11-9-19)28(24)17-30-13-14-31(3,4)5/h8-11,15-16,18,21H,6-7,12-14,17H2,1-5H3. The van der Waals surface area contributed by atoms with E-state index in [4.69, 9.17) is 9.72 Å². The molecule has 1 aromatic carbocycles. The van der Waals surface area contributed by atoms with Crippen molar-refractivity contribution in [2.75, 3.05) is 13.2 Å². The van der Waals surface area contributed by atoms with Crippen molar-refractivity contribution in [2.24, 2.45) is 5.92 Å². The van der Waals surface area contributed by atoms with Gasteiger partial charge >= 0.3 is 0 Å². The molecule has 0 saturated carbocycles. The summed E-state index contributed by atoms with van der Waals surface area (Å²) in [6, 6.07) is 9.39. The zero-order chi connectivity index (χ0) is 22.6. The van der Waals surface area contributed by atoms with Crippen molar-refractivity contribution < 1.29 is 9.53 Å². The molecule has 169 valence electrons. The molecule has 7 heteroatoms. The van der Waals surface area contributed by atoms with Crippen LogP contribution in [0.1, 0.15) is 38.6 Å². The lowest BCUT2D eigenvalue weighted by Crippen LogP contribution is -2.33. The van der Waals surface area contributed by atoms with Crippen molar-refractivity contribution in [3.05, 3.63) is 47.2 Å². The second kappa shape index (κ2) is 10.4. The maximum atomic E-state index is 12.8. The number of imidazole rings is 1. The quantitative estimate of drug-likeness (QED) is 0.303.